The Morgan fingerprint density at radius 3 is 2.29 bits per heavy atom. The molecular weight excluding hydrogens is 327 g/mol. The number of rotatable bonds is 4. The van der Waals surface area contributed by atoms with Crippen molar-refractivity contribution < 1.29 is 4.74 Å². The van der Waals surface area contributed by atoms with Crippen LogP contribution < -0.4 is 4.74 Å². The summed E-state index contributed by atoms with van der Waals surface area (Å²) in [4.78, 5) is 0. The molecule has 1 fully saturated rings. The van der Waals surface area contributed by atoms with Crippen LogP contribution in [-0.2, 0) is 5.41 Å². The molecule has 0 radical (unpaired) electrons. The zero-order valence-electron chi connectivity index (χ0n) is 11.6. The van der Waals surface area contributed by atoms with E-state index in [0.717, 1.165) is 18.4 Å². The SMILES string of the molecule is COc1cc(Cl)c(C(Cl)C2(c3ccccc3)CC2)cc1Cl. The maximum absolute atomic E-state index is 6.78. The van der Waals surface area contributed by atoms with Crippen molar-refractivity contribution in [3.8, 4) is 5.75 Å². The summed E-state index contributed by atoms with van der Waals surface area (Å²) in [6.45, 7) is 0. The molecule has 2 aromatic rings. The first-order chi connectivity index (χ1) is 10.1. The van der Waals surface area contributed by atoms with Crippen molar-refractivity contribution >= 4 is 34.8 Å². The summed E-state index contributed by atoms with van der Waals surface area (Å²) in [6, 6.07) is 13.9. The fourth-order valence-electron chi connectivity index (χ4n) is 2.79. The molecule has 2 aromatic carbocycles. The molecule has 1 nitrogen and oxygen atoms in total. The molecule has 0 heterocycles. The van der Waals surface area contributed by atoms with Gasteiger partial charge in [-0.05, 0) is 30.0 Å². The predicted molar refractivity (Wildman–Crippen MR) is 89.0 cm³/mol. The third-order valence-electron chi connectivity index (χ3n) is 4.17. The molecule has 4 heteroatoms. The van der Waals surface area contributed by atoms with E-state index in [1.807, 2.05) is 24.3 Å². The number of hydrogen-bond donors (Lipinski definition) is 0. The van der Waals surface area contributed by atoms with E-state index < -0.39 is 0 Å². The van der Waals surface area contributed by atoms with E-state index in [4.69, 9.17) is 39.5 Å². The minimum absolute atomic E-state index is 0.0373. The van der Waals surface area contributed by atoms with Crippen LogP contribution in [0.3, 0.4) is 0 Å². The second kappa shape index (κ2) is 5.72. The van der Waals surface area contributed by atoms with Crippen LogP contribution in [0.2, 0.25) is 10.0 Å². The number of methoxy groups -OCH3 is 1. The maximum Gasteiger partial charge on any atom is 0.138 e. The van der Waals surface area contributed by atoms with Gasteiger partial charge >= 0.3 is 0 Å². The minimum Gasteiger partial charge on any atom is -0.495 e. The second-order valence-corrected chi connectivity index (χ2v) is 6.64. The van der Waals surface area contributed by atoms with Crippen molar-refractivity contribution in [1.82, 2.24) is 0 Å². The van der Waals surface area contributed by atoms with E-state index in [-0.39, 0.29) is 10.8 Å². The van der Waals surface area contributed by atoms with Crippen LogP contribution in [-0.4, -0.2) is 7.11 Å². The van der Waals surface area contributed by atoms with Crippen molar-refractivity contribution in [3.63, 3.8) is 0 Å². The minimum atomic E-state index is -0.198. The summed E-state index contributed by atoms with van der Waals surface area (Å²) in [6.07, 6.45) is 2.12. The van der Waals surface area contributed by atoms with Crippen molar-refractivity contribution in [2.24, 2.45) is 0 Å². The Balaban J connectivity index is 2.00. The van der Waals surface area contributed by atoms with Crippen LogP contribution in [0.5, 0.6) is 5.75 Å². The van der Waals surface area contributed by atoms with Crippen LogP contribution in [0.25, 0.3) is 0 Å². The number of ether oxygens (including phenoxy) is 1. The van der Waals surface area contributed by atoms with Crippen molar-refractivity contribution in [1.29, 1.82) is 0 Å². The smallest absolute Gasteiger partial charge is 0.138 e. The third-order valence-corrected chi connectivity index (χ3v) is 5.44. The molecule has 0 bridgehead atoms. The first-order valence-electron chi connectivity index (χ1n) is 6.81. The van der Waals surface area contributed by atoms with Gasteiger partial charge in [0.05, 0.1) is 17.5 Å². The number of hydrogen-bond acceptors (Lipinski definition) is 1. The molecule has 0 saturated heterocycles. The maximum atomic E-state index is 6.78. The topological polar surface area (TPSA) is 9.23 Å². The normalized spacial score (nSPS) is 17.3. The lowest BCUT2D eigenvalue weighted by molar-refractivity contribution is 0.415. The van der Waals surface area contributed by atoms with Crippen LogP contribution in [0.4, 0.5) is 0 Å². The first-order valence-corrected chi connectivity index (χ1v) is 8.00. The van der Waals surface area contributed by atoms with Gasteiger partial charge in [-0.2, -0.15) is 0 Å². The third kappa shape index (κ3) is 2.63. The summed E-state index contributed by atoms with van der Waals surface area (Å²) in [5.41, 5.74) is 2.09. The summed E-state index contributed by atoms with van der Waals surface area (Å²) in [5.74, 6) is 0.568. The standard InChI is InChI=1S/C17H15Cl3O/c1-21-15-10-13(18)12(9-14(15)19)16(20)17(7-8-17)11-5-3-2-4-6-11/h2-6,9-10,16H,7-8H2,1H3. The Labute approximate surface area is 139 Å². The highest BCUT2D eigenvalue weighted by molar-refractivity contribution is 6.35. The highest BCUT2D eigenvalue weighted by Gasteiger charge is 2.51. The fourth-order valence-corrected chi connectivity index (χ4v) is 3.88. The predicted octanol–water partition coefficient (Wildman–Crippen LogP) is 6.01. The quantitative estimate of drug-likeness (QED) is 0.618. The van der Waals surface area contributed by atoms with Crippen LogP contribution >= 0.6 is 34.8 Å². The van der Waals surface area contributed by atoms with E-state index in [1.54, 1.807) is 13.2 Å². The van der Waals surface area contributed by atoms with E-state index in [0.29, 0.717) is 15.8 Å². The number of halogens is 3. The van der Waals surface area contributed by atoms with Gasteiger partial charge in [0, 0.05) is 16.5 Å². The van der Waals surface area contributed by atoms with Gasteiger partial charge in [0.1, 0.15) is 5.75 Å². The molecule has 0 aliphatic heterocycles. The highest BCUT2D eigenvalue weighted by atomic mass is 35.5. The van der Waals surface area contributed by atoms with Crippen LogP contribution in [0, 0.1) is 0 Å². The van der Waals surface area contributed by atoms with E-state index >= 15 is 0 Å². The Morgan fingerprint density at radius 1 is 1.05 bits per heavy atom. The Bertz CT molecular complexity index is 651. The molecule has 1 aliphatic rings. The molecule has 1 atom stereocenters. The van der Waals surface area contributed by atoms with Gasteiger partial charge in [-0.15, -0.1) is 11.6 Å². The van der Waals surface area contributed by atoms with Gasteiger partial charge in [0.2, 0.25) is 0 Å². The Kier molecular flexibility index (Phi) is 4.09. The van der Waals surface area contributed by atoms with E-state index in [2.05, 4.69) is 12.1 Å². The van der Waals surface area contributed by atoms with Crippen LogP contribution in [0.1, 0.15) is 29.3 Å². The summed E-state index contributed by atoms with van der Waals surface area (Å²) in [7, 11) is 1.57. The van der Waals surface area contributed by atoms with Gasteiger partial charge in [-0.1, -0.05) is 53.5 Å². The highest BCUT2D eigenvalue weighted by Crippen LogP contribution is 2.60. The molecule has 3 rings (SSSR count). The molecule has 110 valence electrons. The molecule has 1 saturated carbocycles. The molecule has 0 amide bonds. The van der Waals surface area contributed by atoms with Crippen molar-refractivity contribution in [2.45, 2.75) is 23.6 Å². The fraction of sp³-hybridized carbons (Fsp3) is 0.294. The van der Waals surface area contributed by atoms with Gasteiger partial charge in [0.15, 0.2) is 0 Å². The van der Waals surface area contributed by atoms with Crippen molar-refractivity contribution in [3.05, 3.63) is 63.6 Å². The molecule has 0 aromatic heterocycles. The molecule has 0 spiro atoms. The first kappa shape index (κ1) is 15.0. The Morgan fingerprint density at radius 2 is 1.71 bits per heavy atom. The summed E-state index contributed by atoms with van der Waals surface area (Å²) >= 11 is 19.4. The lowest BCUT2D eigenvalue weighted by Crippen LogP contribution is -2.14. The average Bonchev–Trinajstić information content (AvgIpc) is 3.31. The zero-order valence-corrected chi connectivity index (χ0v) is 13.8. The number of alkyl halides is 1. The molecule has 1 unspecified atom stereocenters. The molecular formula is C17H15Cl3O. The molecule has 0 N–H and O–H groups in total. The molecule has 1 aliphatic carbocycles. The van der Waals surface area contributed by atoms with Gasteiger partial charge in [-0.25, -0.2) is 0 Å². The van der Waals surface area contributed by atoms with Crippen molar-refractivity contribution in [2.75, 3.05) is 7.11 Å². The second-order valence-electron chi connectivity index (χ2n) is 5.39. The van der Waals surface area contributed by atoms with Gasteiger partial charge in [0.25, 0.3) is 0 Å². The summed E-state index contributed by atoms with van der Waals surface area (Å²) < 4.78 is 5.19. The molecule has 21 heavy (non-hydrogen) atoms. The lowest BCUT2D eigenvalue weighted by Gasteiger charge is -2.24. The van der Waals surface area contributed by atoms with Gasteiger partial charge in [-0.3, -0.25) is 0 Å². The largest absolute Gasteiger partial charge is 0.495 e. The monoisotopic (exact) mass is 340 g/mol. The average molecular weight is 342 g/mol. The van der Waals surface area contributed by atoms with Gasteiger partial charge < -0.3 is 4.74 Å². The van der Waals surface area contributed by atoms with E-state index in [1.165, 1.54) is 5.56 Å². The summed E-state index contributed by atoms with van der Waals surface area (Å²) in [5, 5.41) is 0.931. The van der Waals surface area contributed by atoms with Crippen LogP contribution in [0.15, 0.2) is 42.5 Å². The Hall–Kier alpha value is -0.890. The van der Waals surface area contributed by atoms with E-state index in [9.17, 15) is 0 Å². The lowest BCUT2D eigenvalue weighted by atomic mass is 9.88. The zero-order chi connectivity index (χ0) is 15.0. The number of benzene rings is 2.